The lowest BCUT2D eigenvalue weighted by atomic mass is 9.99. The molecular formula is C73H90N10O15. The molecule has 0 spiro atoms. The summed E-state index contributed by atoms with van der Waals surface area (Å²) < 4.78 is 29.8. The van der Waals surface area contributed by atoms with E-state index < -0.39 is 119 Å². The zero-order valence-electron chi connectivity index (χ0n) is 56.9. The average Bonchev–Trinajstić information content (AvgIpc) is 1.62. The number of para-hydroxylation sites is 1. The quantitative estimate of drug-likeness (QED) is 0.0284. The van der Waals surface area contributed by atoms with Crippen LogP contribution in [0.25, 0.3) is 10.9 Å². The molecule has 2 fully saturated rings. The first-order chi connectivity index (χ1) is 46.5. The molecule has 0 radical (unpaired) electrons. The van der Waals surface area contributed by atoms with E-state index in [2.05, 4.69) is 42.5 Å². The number of alkyl carbamates (subject to hydrolysis) is 3. The van der Waals surface area contributed by atoms with Gasteiger partial charge in [0.2, 0.25) is 35.4 Å². The molecule has 98 heavy (non-hydrogen) atoms. The van der Waals surface area contributed by atoms with Gasteiger partial charge in [-0.1, -0.05) is 121 Å². The molecule has 7 atom stereocenters. The molecular weight excluding hydrogens is 1260 g/mol. The highest BCUT2D eigenvalue weighted by molar-refractivity contribution is 6.00. The zero-order valence-corrected chi connectivity index (χ0v) is 56.9. The number of aromatic nitrogens is 1. The Balaban J connectivity index is 1.20. The predicted octanol–water partition coefficient (Wildman–Crippen LogP) is 7.76. The predicted molar refractivity (Wildman–Crippen MR) is 364 cm³/mol. The molecule has 9 amide bonds. The second-order valence-electron chi connectivity index (χ2n) is 27.2. The van der Waals surface area contributed by atoms with Crippen molar-refractivity contribution in [2.45, 2.75) is 173 Å². The van der Waals surface area contributed by atoms with Crippen LogP contribution in [0.1, 0.15) is 122 Å². The third-order valence-electron chi connectivity index (χ3n) is 15.7. The molecule has 8 rings (SSSR count). The van der Waals surface area contributed by atoms with Gasteiger partial charge in [0.05, 0.1) is 12.1 Å². The van der Waals surface area contributed by atoms with E-state index in [0.717, 1.165) is 5.56 Å². The molecule has 25 nitrogen and oxygen atoms in total. The Morgan fingerprint density at radius 2 is 0.990 bits per heavy atom. The number of hydrogen-bond donors (Lipinski definition) is 8. The van der Waals surface area contributed by atoms with Gasteiger partial charge in [-0.25, -0.2) is 19.2 Å². The standard InChI is InChI=1S/C73H90N10O15/c1-71(2,3)96-68(91)74-36-22-21-30-54-61(84)78-55(39-47-32-34-51(35-33-47)94-45-48-25-15-11-16-26-48)62(85)80-57(40-46-23-13-10-14-24-46)66(89)82-44-52(95-67(90)75-37-38-76-69(92)97-72(4,5)6)42-59(82)64(87)81-60(49-27-17-12-18-28-49)65(88)79-56(63(86)77-54)41-50-43-83(70(93)98-73(7,8)9)58-31-20-19-29-53(50)58/h10-20,23-29,31-35,43,52,54-57,59-60H,21-22,30,36-42,44-45H2,1-9H3,(H,74,91)(H,75,90)(H,76,92)(H,77,86)(H,78,84)(H,79,88)(H,80,85)(H,81,87)/t52?,54-,55-,56+,57-,59-,60-/m0/s1. The van der Waals surface area contributed by atoms with Gasteiger partial charge < -0.3 is 71.1 Å². The first kappa shape index (κ1) is 73.4. The minimum atomic E-state index is -1.58. The number of nitrogens with one attached hydrogen (secondary N) is 8. The third-order valence-corrected chi connectivity index (χ3v) is 15.7. The van der Waals surface area contributed by atoms with Crippen LogP contribution in [0, 0.1) is 0 Å². The number of carbonyl (C=O) groups is 10. The molecule has 25 heteroatoms. The summed E-state index contributed by atoms with van der Waals surface area (Å²) in [6.07, 6.45) is -3.19. The lowest BCUT2D eigenvalue weighted by molar-refractivity contribution is -0.143. The fraction of sp³-hybridized carbons (Fsp3) is 0.425. The highest BCUT2D eigenvalue weighted by Gasteiger charge is 2.46. The van der Waals surface area contributed by atoms with Crippen LogP contribution < -0.4 is 47.3 Å². The van der Waals surface area contributed by atoms with E-state index in [9.17, 15) is 19.2 Å². The van der Waals surface area contributed by atoms with Crippen LogP contribution >= 0.6 is 0 Å². The lowest BCUT2D eigenvalue weighted by Gasteiger charge is -2.32. The average molecular weight is 1350 g/mol. The molecule has 522 valence electrons. The van der Waals surface area contributed by atoms with Gasteiger partial charge in [0, 0.05) is 56.9 Å². The molecule has 2 saturated heterocycles. The van der Waals surface area contributed by atoms with Gasteiger partial charge in [0.15, 0.2) is 0 Å². The van der Waals surface area contributed by atoms with E-state index in [0.29, 0.717) is 33.3 Å². The largest absolute Gasteiger partial charge is 0.489 e. The van der Waals surface area contributed by atoms with E-state index in [4.69, 9.17) is 23.7 Å². The first-order valence-corrected chi connectivity index (χ1v) is 32.9. The molecule has 2 aliphatic rings. The van der Waals surface area contributed by atoms with Crippen LogP contribution in [0.5, 0.6) is 5.75 Å². The molecule has 2 aliphatic heterocycles. The maximum absolute atomic E-state index is 15.7. The SMILES string of the molecule is CC(C)(C)OC(=O)NCCCC[C@@H]1NC(=O)[C@@H](Cc2cn(C(=O)OC(C)(C)C)c3ccccc23)NC(=O)[C@H](c2ccccc2)NC(=O)[C@@H]2CC(OC(=O)NCCNC(=O)OC(C)(C)C)CN2C(=O)[C@H](Cc2ccccc2)NC(=O)[C@H](Cc2ccc(OCc3ccccc3)cc2)NC1=O. The Bertz CT molecular complexity index is 3750. The van der Waals surface area contributed by atoms with Crippen molar-refractivity contribution in [1.82, 2.24) is 52.0 Å². The second-order valence-corrected chi connectivity index (χ2v) is 27.2. The van der Waals surface area contributed by atoms with Crippen molar-refractivity contribution >= 4 is 70.7 Å². The van der Waals surface area contributed by atoms with Gasteiger partial charge in [-0.05, 0) is 128 Å². The number of rotatable bonds is 19. The van der Waals surface area contributed by atoms with Crippen molar-refractivity contribution in [2.75, 3.05) is 26.2 Å². The zero-order chi connectivity index (χ0) is 70.7. The summed E-state index contributed by atoms with van der Waals surface area (Å²) in [5.74, 6) is -4.56. The molecule has 6 aromatic rings. The number of hydrogen-bond acceptors (Lipinski definition) is 15. The molecule has 1 aromatic heterocycles. The van der Waals surface area contributed by atoms with Gasteiger partial charge in [-0.15, -0.1) is 0 Å². The summed E-state index contributed by atoms with van der Waals surface area (Å²) >= 11 is 0. The van der Waals surface area contributed by atoms with Crippen molar-refractivity contribution in [3.05, 3.63) is 174 Å². The van der Waals surface area contributed by atoms with Crippen molar-refractivity contribution in [3.8, 4) is 5.75 Å². The summed E-state index contributed by atoms with van der Waals surface area (Å²) in [6.45, 7) is 15.3. The number of fused-ring (bicyclic) bond motifs is 2. The monoisotopic (exact) mass is 1350 g/mol. The van der Waals surface area contributed by atoms with Crippen LogP contribution in [-0.2, 0) is 73.6 Å². The van der Waals surface area contributed by atoms with Crippen molar-refractivity contribution < 1.29 is 71.6 Å². The normalized spacial score (nSPS) is 19.8. The van der Waals surface area contributed by atoms with Gasteiger partial charge in [0.25, 0.3) is 0 Å². The fourth-order valence-electron chi connectivity index (χ4n) is 11.2. The molecule has 1 unspecified atom stereocenters. The van der Waals surface area contributed by atoms with E-state index >= 15 is 28.8 Å². The summed E-state index contributed by atoms with van der Waals surface area (Å²) in [7, 11) is 0. The fourth-order valence-corrected chi connectivity index (χ4v) is 11.2. The lowest BCUT2D eigenvalue weighted by Crippen LogP contribution is -2.61. The number of benzene rings is 5. The van der Waals surface area contributed by atoms with E-state index in [-0.39, 0.29) is 83.3 Å². The van der Waals surface area contributed by atoms with Gasteiger partial charge in [0.1, 0.15) is 71.5 Å². The Morgan fingerprint density at radius 1 is 0.490 bits per heavy atom. The van der Waals surface area contributed by atoms with Crippen LogP contribution in [-0.4, -0.2) is 149 Å². The van der Waals surface area contributed by atoms with Crippen LogP contribution in [0.15, 0.2) is 146 Å². The molecule has 0 bridgehead atoms. The van der Waals surface area contributed by atoms with Gasteiger partial charge in [-0.3, -0.25) is 33.3 Å². The number of unbranched alkanes of at least 4 members (excludes halogenated alkanes) is 1. The molecule has 0 aliphatic carbocycles. The summed E-state index contributed by atoms with van der Waals surface area (Å²) in [4.78, 5) is 147. The van der Waals surface area contributed by atoms with Crippen LogP contribution in [0.2, 0.25) is 0 Å². The third kappa shape index (κ3) is 22.3. The Morgan fingerprint density at radius 3 is 1.61 bits per heavy atom. The second kappa shape index (κ2) is 33.5. The first-order valence-electron chi connectivity index (χ1n) is 32.9. The number of nitrogens with zero attached hydrogens (tertiary/aromatic N) is 2. The minimum Gasteiger partial charge on any atom is -0.489 e. The Labute approximate surface area is 570 Å². The van der Waals surface area contributed by atoms with Crippen molar-refractivity contribution in [1.29, 1.82) is 0 Å². The van der Waals surface area contributed by atoms with E-state index in [1.54, 1.807) is 172 Å². The number of carbonyl (C=O) groups excluding carboxylic acids is 10. The van der Waals surface area contributed by atoms with Crippen molar-refractivity contribution in [3.63, 3.8) is 0 Å². The van der Waals surface area contributed by atoms with Gasteiger partial charge >= 0.3 is 24.4 Å². The number of amides is 9. The highest BCUT2D eigenvalue weighted by Crippen LogP contribution is 2.28. The summed E-state index contributed by atoms with van der Waals surface area (Å²) in [5, 5.41) is 22.8. The number of ether oxygens (including phenoxy) is 5. The minimum absolute atomic E-state index is 0.0439. The molecule has 5 aromatic carbocycles. The van der Waals surface area contributed by atoms with Crippen LogP contribution in [0.3, 0.4) is 0 Å². The Hall–Kier alpha value is -10.5. The summed E-state index contributed by atoms with van der Waals surface area (Å²) in [5.41, 5.74) is 0.688. The van der Waals surface area contributed by atoms with Crippen molar-refractivity contribution in [2.24, 2.45) is 0 Å². The summed E-state index contributed by atoms with van der Waals surface area (Å²) in [6, 6.07) is 31.2. The molecule has 0 saturated carbocycles. The molecule has 8 N–H and O–H groups in total. The van der Waals surface area contributed by atoms with E-state index in [1.165, 1.54) is 15.7 Å². The molecule has 3 heterocycles. The van der Waals surface area contributed by atoms with Crippen LogP contribution in [0.4, 0.5) is 19.2 Å². The van der Waals surface area contributed by atoms with Gasteiger partial charge in [-0.2, -0.15) is 0 Å². The van der Waals surface area contributed by atoms with E-state index in [1.807, 2.05) is 30.3 Å². The maximum atomic E-state index is 15.7. The Kier molecular flexibility index (Phi) is 25.1. The smallest absolute Gasteiger partial charge is 0.419 e. The maximum Gasteiger partial charge on any atom is 0.419 e. The topological polar surface area (TPSA) is 321 Å². The highest BCUT2D eigenvalue weighted by atomic mass is 16.6.